The van der Waals surface area contributed by atoms with Gasteiger partial charge in [-0.05, 0) is 56.7 Å². The van der Waals surface area contributed by atoms with Gasteiger partial charge < -0.3 is 19.4 Å². The van der Waals surface area contributed by atoms with Crippen molar-refractivity contribution in [3.63, 3.8) is 0 Å². The number of ether oxygens (including phenoxy) is 2. The number of amides is 1. The lowest BCUT2D eigenvalue weighted by Gasteiger charge is -2.12. The predicted octanol–water partition coefficient (Wildman–Crippen LogP) is 4.22. The van der Waals surface area contributed by atoms with Crippen LogP contribution in [0, 0.1) is 0 Å². The summed E-state index contributed by atoms with van der Waals surface area (Å²) < 4.78 is 12.5. The number of carbonyl (C=O) groups excluding carboxylic acids is 2. The third-order valence-corrected chi connectivity index (χ3v) is 7.80. The average molecular weight is 516 g/mol. The van der Waals surface area contributed by atoms with Crippen LogP contribution in [0.4, 0.5) is 5.00 Å². The van der Waals surface area contributed by atoms with Gasteiger partial charge in [0.1, 0.15) is 5.00 Å². The van der Waals surface area contributed by atoms with Crippen LogP contribution in [0.5, 0.6) is 0 Å². The van der Waals surface area contributed by atoms with Crippen LogP contribution in [0.2, 0.25) is 0 Å². The van der Waals surface area contributed by atoms with E-state index >= 15 is 0 Å². The molecule has 11 heteroatoms. The van der Waals surface area contributed by atoms with Crippen molar-refractivity contribution in [2.24, 2.45) is 0 Å². The normalized spacial score (nSPS) is 12.9. The van der Waals surface area contributed by atoms with Crippen LogP contribution in [0.25, 0.3) is 11.4 Å². The van der Waals surface area contributed by atoms with Crippen molar-refractivity contribution in [3.05, 3.63) is 40.5 Å². The number of nitrogens with one attached hydrogen (secondary N) is 1. The molecular weight excluding hydrogens is 486 g/mol. The number of aryl methyl sites for hydroxylation is 1. The molecule has 0 aromatic carbocycles. The molecule has 3 aromatic heterocycles. The van der Waals surface area contributed by atoms with Crippen molar-refractivity contribution in [1.82, 2.24) is 19.7 Å². The number of methoxy groups -OCH3 is 1. The number of anilines is 1. The molecule has 9 nitrogen and oxygen atoms in total. The Morgan fingerprint density at radius 2 is 2.00 bits per heavy atom. The van der Waals surface area contributed by atoms with Crippen LogP contribution >= 0.6 is 23.1 Å². The number of hydrogen-bond donors (Lipinski definition) is 1. The van der Waals surface area contributed by atoms with Crippen molar-refractivity contribution >= 4 is 40.0 Å². The van der Waals surface area contributed by atoms with Crippen LogP contribution < -0.4 is 5.32 Å². The summed E-state index contributed by atoms with van der Waals surface area (Å²) in [6.07, 6.45) is 8.12. The van der Waals surface area contributed by atoms with Crippen LogP contribution in [0.3, 0.4) is 0 Å². The van der Waals surface area contributed by atoms with Crippen molar-refractivity contribution in [2.45, 2.75) is 50.7 Å². The summed E-state index contributed by atoms with van der Waals surface area (Å²) in [5.74, 6) is 0.302. The van der Waals surface area contributed by atoms with Gasteiger partial charge in [0.15, 0.2) is 11.0 Å². The second kappa shape index (κ2) is 12.3. The highest BCUT2D eigenvalue weighted by Crippen LogP contribution is 2.38. The Labute approximate surface area is 212 Å². The smallest absolute Gasteiger partial charge is 0.341 e. The van der Waals surface area contributed by atoms with Crippen molar-refractivity contribution < 1.29 is 19.1 Å². The maximum absolute atomic E-state index is 12.9. The molecule has 3 heterocycles. The Morgan fingerprint density at radius 3 is 2.77 bits per heavy atom. The Hall–Kier alpha value is -2.76. The number of thioether (sulfide) groups is 1. The van der Waals surface area contributed by atoms with E-state index in [0.29, 0.717) is 35.5 Å². The van der Waals surface area contributed by atoms with Crippen LogP contribution in [-0.2, 0) is 33.7 Å². The van der Waals surface area contributed by atoms with E-state index in [1.54, 1.807) is 26.4 Å². The highest BCUT2D eigenvalue weighted by atomic mass is 32.2. The fourth-order valence-electron chi connectivity index (χ4n) is 4.04. The topological polar surface area (TPSA) is 108 Å². The predicted molar refractivity (Wildman–Crippen MR) is 136 cm³/mol. The van der Waals surface area contributed by atoms with E-state index in [-0.39, 0.29) is 17.6 Å². The van der Waals surface area contributed by atoms with E-state index in [1.165, 1.54) is 28.0 Å². The summed E-state index contributed by atoms with van der Waals surface area (Å²) in [7, 11) is 1.67. The molecule has 0 atom stereocenters. The summed E-state index contributed by atoms with van der Waals surface area (Å²) in [5.41, 5.74) is 2.46. The molecule has 1 aliphatic rings. The maximum Gasteiger partial charge on any atom is 0.341 e. The Kier molecular flexibility index (Phi) is 8.89. The minimum absolute atomic E-state index is 0.142. The van der Waals surface area contributed by atoms with Gasteiger partial charge in [-0.3, -0.25) is 9.78 Å². The number of rotatable bonds is 11. The molecule has 0 saturated carbocycles. The van der Waals surface area contributed by atoms with Crippen molar-refractivity contribution in [3.8, 4) is 11.4 Å². The van der Waals surface area contributed by atoms with E-state index in [2.05, 4.69) is 20.5 Å². The largest absolute Gasteiger partial charge is 0.462 e. The fraction of sp³-hybridized carbons (Fsp3) is 0.458. The van der Waals surface area contributed by atoms with Gasteiger partial charge in [-0.15, -0.1) is 21.5 Å². The molecule has 0 aliphatic heterocycles. The number of hydrogen-bond acceptors (Lipinski definition) is 9. The van der Waals surface area contributed by atoms with Crippen molar-refractivity contribution in [1.29, 1.82) is 0 Å². The van der Waals surface area contributed by atoms with Crippen LogP contribution in [-0.4, -0.2) is 57.7 Å². The number of aromatic nitrogens is 4. The third kappa shape index (κ3) is 6.09. The summed E-state index contributed by atoms with van der Waals surface area (Å²) in [5, 5.41) is 12.9. The molecule has 186 valence electrons. The highest BCUT2D eigenvalue weighted by molar-refractivity contribution is 7.99. The summed E-state index contributed by atoms with van der Waals surface area (Å²) >= 11 is 2.81. The van der Waals surface area contributed by atoms with Crippen LogP contribution in [0.15, 0.2) is 29.7 Å². The minimum Gasteiger partial charge on any atom is -0.462 e. The van der Waals surface area contributed by atoms with E-state index in [0.717, 1.165) is 49.1 Å². The lowest BCUT2D eigenvalue weighted by Crippen LogP contribution is -2.17. The van der Waals surface area contributed by atoms with E-state index in [9.17, 15) is 9.59 Å². The van der Waals surface area contributed by atoms with Gasteiger partial charge >= 0.3 is 5.97 Å². The molecule has 35 heavy (non-hydrogen) atoms. The van der Waals surface area contributed by atoms with Gasteiger partial charge in [0.25, 0.3) is 0 Å². The fourth-order valence-corrected chi connectivity index (χ4v) is 6.10. The van der Waals surface area contributed by atoms with Crippen LogP contribution in [0.1, 0.15) is 47.0 Å². The first-order valence-electron chi connectivity index (χ1n) is 11.7. The molecule has 0 saturated heterocycles. The standard InChI is InChI=1S/C24H29N5O4S2/c1-3-33-23(31)20-17-7-4-5-8-18(17)35-22(20)26-19(30)15-34-24-28-27-21(16-9-11-25-12-10-16)29(24)13-6-14-32-2/h9-12H,3-8,13-15H2,1-2H3,(H,26,30). The number of nitrogens with zero attached hydrogens (tertiary/aromatic N) is 4. The molecule has 1 amide bonds. The lowest BCUT2D eigenvalue weighted by molar-refractivity contribution is -0.113. The quantitative estimate of drug-likeness (QED) is 0.230. The summed E-state index contributed by atoms with van der Waals surface area (Å²) in [4.78, 5) is 30.8. The maximum atomic E-state index is 12.9. The number of carbonyl (C=O) groups is 2. The first-order chi connectivity index (χ1) is 17.1. The zero-order valence-corrected chi connectivity index (χ0v) is 21.5. The van der Waals surface area contributed by atoms with Gasteiger partial charge in [-0.25, -0.2) is 4.79 Å². The van der Waals surface area contributed by atoms with Gasteiger partial charge in [0.05, 0.1) is 17.9 Å². The first-order valence-corrected chi connectivity index (χ1v) is 13.5. The third-order valence-electron chi connectivity index (χ3n) is 5.62. The monoisotopic (exact) mass is 515 g/mol. The zero-order valence-electron chi connectivity index (χ0n) is 19.9. The molecule has 0 spiro atoms. The Balaban J connectivity index is 1.49. The zero-order chi connectivity index (χ0) is 24.6. The Morgan fingerprint density at radius 1 is 1.20 bits per heavy atom. The Bertz CT molecular complexity index is 1160. The number of thiophene rings is 1. The van der Waals surface area contributed by atoms with Gasteiger partial charge in [0.2, 0.25) is 5.91 Å². The van der Waals surface area contributed by atoms with Gasteiger partial charge in [0, 0.05) is 43.1 Å². The molecule has 4 rings (SSSR count). The molecule has 3 aromatic rings. The molecule has 1 aliphatic carbocycles. The molecule has 0 fully saturated rings. The SMILES string of the molecule is CCOC(=O)c1c(NC(=O)CSc2nnc(-c3ccncc3)n2CCCOC)sc2c1CCCC2. The average Bonchev–Trinajstić information content (AvgIpc) is 3.44. The van der Waals surface area contributed by atoms with Crippen molar-refractivity contribution in [2.75, 3.05) is 31.4 Å². The van der Waals surface area contributed by atoms with E-state index in [1.807, 2.05) is 16.7 Å². The van der Waals surface area contributed by atoms with Gasteiger partial charge in [-0.1, -0.05) is 11.8 Å². The number of fused-ring (bicyclic) bond motifs is 1. The van der Waals surface area contributed by atoms with Gasteiger partial charge in [-0.2, -0.15) is 0 Å². The van der Waals surface area contributed by atoms with E-state index < -0.39 is 0 Å². The molecule has 0 radical (unpaired) electrons. The number of pyridine rings is 1. The molecule has 0 unspecified atom stereocenters. The lowest BCUT2D eigenvalue weighted by atomic mass is 9.95. The highest BCUT2D eigenvalue weighted by Gasteiger charge is 2.27. The molecule has 0 bridgehead atoms. The first kappa shape index (κ1) is 25.3. The summed E-state index contributed by atoms with van der Waals surface area (Å²) in [6.45, 7) is 3.35. The molecular formula is C24H29N5O4S2. The second-order valence-corrected chi connectivity index (χ2v) is 10.1. The minimum atomic E-state index is -0.366. The summed E-state index contributed by atoms with van der Waals surface area (Å²) in [6, 6.07) is 3.76. The second-order valence-electron chi connectivity index (χ2n) is 8.01. The molecule has 1 N–H and O–H groups in total. The number of esters is 1. The van der Waals surface area contributed by atoms with E-state index in [4.69, 9.17) is 9.47 Å².